The number of hydrogen-bond acceptors (Lipinski definition) is 10. The number of carbonyl (C=O) groups excluding carboxylic acids is 2. The summed E-state index contributed by atoms with van der Waals surface area (Å²) in [5.41, 5.74) is 0.566. The Morgan fingerprint density at radius 3 is 2.40 bits per heavy atom. The SMILES string of the molecule is CS(=O)(=O)N1C(=O)SC(=Cc2ccc(Oc3cc(OC4CCN(C(=O)O)CC4)ncn3)cc2)C1=O. The number of sulfonamides is 1. The molecular weight excluding hydrogens is 500 g/mol. The number of hydrogen-bond donors (Lipinski definition) is 1. The number of thioether (sulfide) groups is 1. The molecule has 2 aromatic rings. The highest BCUT2D eigenvalue weighted by Crippen LogP contribution is 2.34. The molecule has 1 N–H and O–H groups in total. The van der Waals surface area contributed by atoms with Crippen molar-refractivity contribution in [3.8, 4) is 17.5 Å². The number of piperidine rings is 1. The minimum atomic E-state index is -3.98. The summed E-state index contributed by atoms with van der Waals surface area (Å²) in [4.78, 5) is 44.6. The topological polar surface area (TPSA) is 156 Å². The smallest absolute Gasteiger partial charge is 0.407 e. The minimum absolute atomic E-state index is 0.000808. The Kier molecular flexibility index (Phi) is 6.93. The van der Waals surface area contributed by atoms with E-state index in [1.165, 1.54) is 23.4 Å². The molecule has 2 aliphatic heterocycles. The lowest BCUT2D eigenvalue weighted by Crippen LogP contribution is -2.41. The van der Waals surface area contributed by atoms with Gasteiger partial charge >= 0.3 is 11.3 Å². The molecule has 35 heavy (non-hydrogen) atoms. The third-order valence-corrected chi connectivity index (χ3v) is 7.09. The first-order valence-electron chi connectivity index (χ1n) is 10.3. The van der Waals surface area contributed by atoms with E-state index in [0.717, 1.165) is 6.26 Å². The second-order valence-corrected chi connectivity index (χ2v) is 10.5. The fourth-order valence-electron chi connectivity index (χ4n) is 3.42. The van der Waals surface area contributed by atoms with Gasteiger partial charge in [-0.25, -0.2) is 23.2 Å². The van der Waals surface area contributed by atoms with Crippen LogP contribution in [-0.2, 0) is 14.8 Å². The summed E-state index contributed by atoms with van der Waals surface area (Å²) in [6.45, 7) is 0.781. The van der Waals surface area contributed by atoms with E-state index in [4.69, 9.17) is 14.6 Å². The Balaban J connectivity index is 1.38. The van der Waals surface area contributed by atoms with Crippen molar-refractivity contribution in [1.82, 2.24) is 19.2 Å². The van der Waals surface area contributed by atoms with Gasteiger partial charge in [0.2, 0.25) is 21.8 Å². The molecule has 184 valence electrons. The van der Waals surface area contributed by atoms with Gasteiger partial charge < -0.3 is 19.5 Å². The molecule has 0 radical (unpaired) electrons. The number of rotatable bonds is 6. The van der Waals surface area contributed by atoms with Crippen molar-refractivity contribution < 1.29 is 37.4 Å². The van der Waals surface area contributed by atoms with Crippen molar-refractivity contribution in [2.45, 2.75) is 18.9 Å². The van der Waals surface area contributed by atoms with Crippen LogP contribution < -0.4 is 9.47 Å². The normalized spacial score (nSPS) is 18.3. The Labute approximate surface area is 204 Å². The monoisotopic (exact) mass is 520 g/mol. The first-order chi connectivity index (χ1) is 16.6. The summed E-state index contributed by atoms with van der Waals surface area (Å²) in [6.07, 6.45) is 3.51. The molecule has 2 saturated heterocycles. The van der Waals surface area contributed by atoms with E-state index >= 15 is 0 Å². The van der Waals surface area contributed by atoms with Crippen molar-refractivity contribution >= 4 is 45.1 Å². The first-order valence-corrected chi connectivity index (χ1v) is 13.0. The summed E-state index contributed by atoms with van der Waals surface area (Å²) in [5.74, 6) is 0.0952. The van der Waals surface area contributed by atoms with Gasteiger partial charge in [-0.15, -0.1) is 0 Å². The maximum atomic E-state index is 12.3. The molecule has 2 aliphatic rings. The Morgan fingerprint density at radius 2 is 1.80 bits per heavy atom. The van der Waals surface area contributed by atoms with Crippen LogP contribution in [0.2, 0.25) is 0 Å². The lowest BCUT2D eigenvalue weighted by atomic mass is 10.1. The van der Waals surface area contributed by atoms with Crippen LogP contribution in [-0.4, -0.2) is 75.4 Å². The molecule has 0 atom stereocenters. The fourth-order valence-corrected chi connectivity index (χ4v) is 5.40. The van der Waals surface area contributed by atoms with E-state index in [2.05, 4.69) is 9.97 Å². The first kappa shape index (κ1) is 24.5. The van der Waals surface area contributed by atoms with Crippen molar-refractivity contribution in [2.24, 2.45) is 0 Å². The number of benzene rings is 1. The van der Waals surface area contributed by atoms with Gasteiger partial charge in [-0.1, -0.05) is 12.1 Å². The summed E-state index contributed by atoms with van der Waals surface area (Å²) in [5, 5.41) is 8.17. The number of ether oxygens (including phenoxy) is 2. The maximum absolute atomic E-state index is 12.3. The van der Waals surface area contributed by atoms with E-state index in [0.29, 0.717) is 54.9 Å². The standard InChI is InChI=1S/C21H20N4O8S2/c1-35(30,31)25-19(26)16(34-21(25)29)10-13-2-4-14(5-3-13)32-17-11-18(23-12-22-17)33-15-6-8-24(9-7-15)20(27)28/h2-5,10-12,15H,6-9H2,1H3,(H,27,28). The number of aromatic nitrogens is 2. The molecule has 3 heterocycles. The van der Waals surface area contributed by atoms with Crippen LogP contribution in [0.4, 0.5) is 9.59 Å². The highest BCUT2D eigenvalue weighted by Gasteiger charge is 2.41. The summed E-state index contributed by atoms with van der Waals surface area (Å²) in [6, 6.07) is 8.05. The average molecular weight is 521 g/mol. The third kappa shape index (κ3) is 5.89. The zero-order valence-corrected chi connectivity index (χ0v) is 20.0. The van der Waals surface area contributed by atoms with Gasteiger partial charge in [-0.2, -0.15) is 4.31 Å². The molecule has 3 amide bonds. The van der Waals surface area contributed by atoms with Crippen LogP contribution in [0, 0.1) is 0 Å². The quantitative estimate of drug-likeness (QED) is 0.559. The van der Waals surface area contributed by atoms with E-state index in [1.54, 1.807) is 24.3 Å². The van der Waals surface area contributed by atoms with Crippen LogP contribution in [0.3, 0.4) is 0 Å². The average Bonchev–Trinajstić information content (AvgIpc) is 3.08. The molecule has 1 aromatic heterocycles. The summed E-state index contributed by atoms with van der Waals surface area (Å²) < 4.78 is 35.1. The Morgan fingerprint density at radius 1 is 1.14 bits per heavy atom. The molecule has 0 bridgehead atoms. The van der Waals surface area contributed by atoms with Crippen LogP contribution in [0.5, 0.6) is 17.5 Å². The zero-order chi connectivity index (χ0) is 25.2. The van der Waals surface area contributed by atoms with Gasteiger partial charge in [0, 0.05) is 25.9 Å². The van der Waals surface area contributed by atoms with Crippen molar-refractivity contribution in [1.29, 1.82) is 0 Å². The molecule has 2 fully saturated rings. The summed E-state index contributed by atoms with van der Waals surface area (Å²) in [7, 11) is -3.98. The molecule has 0 unspecified atom stereocenters. The molecule has 4 rings (SSSR count). The molecule has 0 spiro atoms. The highest BCUT2D eigenvalue weighted by atomic mass is 32.2. The largest absolute Gasteiger partial charge is 0.474 e. The summed E-state index contributed by atoms with van der Waals surface area (Å²) >= 11 is 0.553. The Bertz CT molecular complexity index is 1290. The number of carbonyl (C=O) groups is 3. The van der Waals surface area contributed by atoms with Gasteiger partial charge in [0.1, 0.15) is 18.2 Å². The predicted molar refractivity (Wildman–Crippen MR) is 124 cm³/mol. The molecule has 14 heteroatoms. The van der Waals surface area contributed by atoms with Crippen molar-refractivity contribution in [2.75, 3.05) is 19.3 Å². The second kappa shape index (κ2) is 9.92. The predicted octanol–water partition coefficient (Wildman–Crippen LogP) is 2.79. The molecular formula is C21H20N4O8S2. The highest BCUT2D eigenvalue weighted by molar-refractivity contribution is 8.19. The van der Waals surface area contributed by atoms with Crippen molar-refractivity contribution in [3.63, 3.8) is 0 Å². The van der Waals surface area contributed by atoms with Gasteiger partial charge in [0.05, 0.1) is 17.2 Å². The minimum Gasteiger partial charge on any atom is -0.474 e. The van der Waals surface area contributed by atoms with Gasteiger partial charge in [-0.3, -0.25) is 9.59 Å². The van der Waals surface area contributed by atoms with Crippen LogP contribution in [0.25, 0.3) is 6.08 Å². The molecule has 12 nitrogen and oxygen atoms in total. The van der Waals surface area contributed by atoms with Crippen LogP contribution >= 0.6 is 11.8 Å². The fraction of sp³-hybridized carbons (Fsp3) is 0.286. The van der Waals surface area contributed by atoms with Gasteiger partial charge in [0.15, 0.2) is 0 Å². The van der Waals surface area contributed by atoms with E-state index in [9.17, 15) is 22.8 Å². The number of imide groups is 1. The third-order valence-electron chi connectivity index (χ3n) is 5.11. The number of carboxylic acid groups (broad SMARTS) is 1. The number of nitrogens with zero attached hydrogens (tertiary/aromatic N) is 4. The molecule has 0 saturated carbocycles. The second-order valence-electron chi connectivity index (χ2n) is 7.66. The molecule has 0 aliphatic carbocycles. The van der Waals surface area contributed by atoms with E-state index < -0.39 is 27.3 Å². The molecule has 1 aromatic carbocycles. The Hall–Kier alpha value is -3.65. The number of likely N-dealkylation sites (tertiary alicyclic amines) is 1. The maximum Gasteiger partial charge on any atom is 0.407 e. The lowest BCUT2D eigenvalue weighted by Gasteiger charge is -2.29. The van der Waals surface area contributed by atoms with Crippen LogP contribution in [0.15, 0.2) is 41.6 Å². The van der Waals surface area contributed by atoms with Crippen molar-refractivity contribution in [3.05, 3.63) is 47.1 Å². The van der Waals surface area contributed by atoms with E-state index in [1.807, 2.05) is 0 Å². The van der Waals surface area contributed by atoms with Gasteiger partial charge in [0.25, 0.3) is 5.91 Å². The lowest BCUT2D eigenvalue weighted by molar-refractivity contribution is -0.119. The van der Waals surface area contributed by atoms with E-state index in [-0.39, 0.29) is 21.2 Å². The van der Waals surface area contributed by atoms with Gasteiger partial charge in [-0.05, 0) is 35.5 Å². The number of amides is 3. The zero-order valence-electron chi connectivity index (χ0n) is 18.4. The van der Waals surface area contributed by atoms with Crippen LogP contribution in [0.1, 0.15) is 18.4 Å².